The lowest BCUT2D eigenvalue weighted by Gasteiger charge is -2.21. The Morgan fingerprint density at radius 1 is 1.47 bits per heavy atom. The summed E-state index contributed by atoms with van der Waals surface area (Å²) in [5.41, 5.74) is 1.07. The summed E-state index contributed by atoms with van der Waals surface area (Å²) >= 11 is 1.66. The number of nitrogens with one attached hydrogen (secondary N) is 2. The Labute approximate surface area is 106 Å². The van der Waals surface area contributed by atoms with Crippen LogP contribution in [0.15, 0.2) is 0 Å². The van der Waals surface area contributed by atoms with Crippen molar-refractivity contribution in [2.24, 2.45) is 5.92 Å². The number of nitrogens with zero attached hydrogens (tertiary/aromatic N) is 1. The van der Waals surface area contributed by atoms with E-state index in [0.717, 1.165) is 36.6 Å². The number of carbonyl (C=O) groups excluding carboxylic acids is 1. The molecule has 0 spiro atoms. The van der Waals surface area contributed by atoms with Crippen molar-refractivity contribution < 1.29 is 4.79 Å². The van der Waals surface area contributed by atoms with Gasteiger partial charge in [-0.25, -0.2) is 4.98 Å². The molecule has 1 fully saturated rings. The molecule has 1 aromatic rings. The summed E-state index contributed by atoms with van der Waals surface area (Å²) in [4.78, 5) is 17.6. The van der Waals surface area contributed by atoms with Crippen molar-refractivity contribution in [2.45, 2.75) is 33.2 Å². The third kappa shape index (κ3) is 3.26. The van der Waals surface area contributed by atoms with Crippen molar-refractivity contribution >= 4 is 17.2 Å². The predicted molar refractivity (Wildman–Crippen MR) is 69.0 cm³/mol. The normalized spacial score (nSPS) is 17.1. The fourth-order valence-electron chi connectivity index (χ4n) is 2.01. The van der Waals surface area contributed by atoms with E-state index in [2.05, 4.69) is 22.5 Å². The highest BCUT2D eigenvalue weighted by molar-refractivity contribution is 7.11. The van der Waals surface area contributed by atoms with Crippen LogP contribution in [0.5, 0.6) is 0 Å². The molecule has 1 saturated heterocycles. The Balaban J connectivity index is 1.83. The first-order valence-corrected chi connectivity index (χ1v) is 6.90. The molecular formula is C12H19N3OS. The number of carbonyl (C=O) groups is 1. The second-order valence-corrected chi connectivity index (χ2v) is 5.78. The maximum atomic E-state index is 11.9. The van der Waals surface area contributed by atoms with Crippen LogP contribution in [0.2, 0.25) is 0 Å². The zero-order valence-corrected chi connectivity index (χ0v) is 11.2. The molecule has 0 saturated carbocycles. The first-order valence-electron chi connectivity index (χ1n) is 6.08. The lowest BCUT2D eigenvalue weighted by molar-refractivity contribution is -0.125. The molecule has 2 heterocycles. The van der Waals surface area contributed by atoms with E-state index in [1.165, 1.54) is 4.88 Å². The third-order valence-electron chi connectivity index (χ3n) is 3.20. The summed E-state index contributed by atoms with van der Waals surface area (Å²) in [5, 5.41) is 7.26. The molecule has 0 atom stereocenters. The van der Waals surface area contributed by atoms with Gasteiger partial charge in [-0.3, -0.25) is 4.79 Å². The van der Waals surface area contributed by atoms with Gasteiger partial charge < -0.3 is 10.6 Å². The third-order valence-corrected chi connectivity index (χ3v) is 4.27. The number of rotatable bonds is 3. The Morgan fingerprint density at radius 3 is 2.76 bits per heavy atom. The van der Waals surface area contributed by atoms with Crippen molar-refractivity contribution in [3.8, 4) is 0 Å². The fourth-order valence-corrected chi connectivity index (χ4v) is 2.88. The SMILES string of the molecule is Cc1nc(CNC(=O)C2CCNCC2)sc1C. The summed E-state index contributed by atoms with van der Waals surface area (Å²) in [6.07, 6.45) is 1.89. The Kier molecular flexibility index (Phi) is 4.12. The maximum Gasteiger partial charge on any atom is 0.223 e. The van der Waals surface area contributed by atoms with Crippen LogP contribution in [0.25, 0.3) is 0 Å². The monoisotopic (exact) mass is 253 g/mol. The molecule has 0 radical (unpaired) electrons. The average Bonchev–Trinajstić information content (AvgIpc) is 2.67. The molecular weight excluding hydrogens is 234 g/mol. The van der Waals surface area contributed by atoms with E-state index in [0.29, 0.717) is 6.54 Å². The molecule has 1 aromatic heterocycles. The van der Waals surface area contributed by atoms with Gasteiger partial charge in [0.2, 0.25) is 5.91 Å². The number of hydrogen-bond donors (Lipinski definition) is 2. The van der Waals surface area contributed by atoms with Crippen molar-refractivity contribution in [2.75, 3.05) is 13.1 Å². The Hall–Kier alpha value is -0.940. The number of amides is 1. The molecule has 0 unspecified atom stereocenters. The molecule has 0 bridgehead atoms. The van der Waals surface area contributed by atoms with Gasteiger partial charge in [0.1, 0.15) is 5.01 Å². The van der Waals surface area contributed by atoms with Crippen LogP contribution in [0.4, 0.5) is 0 Å². The first kappa shape index (κ1) is 12.5. The molecule has 1 aliphatic heterocycles. The molecule has 2 rings (SSSR count). The molecule has 1 aliphatic rings. The second-order valence-electron chi connectivity index (χ2n) is 4.49. The van der Waals surface area contributed by atoms with Crippen molar-refractivity contribution in [3.05, 3.63) is 15.6 Å². The van der Waals surface area contributed by atoms with E-state index in [9.17, 15) is 4.79 Å². The summed E-state index contributed by atoms with van der Waals surface area (Å²) in [7, 11) is 0. The quantitative estimate of drug-likeness (QED) is 0.855. The molecule has 4 nitrogen and oxygen atoms in total. The van der Waals surface area contributed by atoms with Crippen molar-refractivity contribution in [1.29, 1.82) is 0 Å². The average molecular weight is 253 g/mol. The molecule has 94 valence electrons. The van der Waals surface area contributed by atoms with Crippen LogP contribution >= 0.6 is 11.3 Å². The van der Waals surface area contributed by atoms with Gasteiger partial charge in [0.05, 0.1) is 12.2 Å². The number of aromatic nitrogens is 1. The van der Waals surface area contributed by atoms with Gasteiger partial charge in [0.25, 0.3) is 0 Å². The standard InChI is InChI=1S/C12H19N3OS/c1-8-9(2)17-11(15-8)7-14-12(16)10-3-5-13-6-4-10/h10,13H,3-7H2,1-2H3,(H,14,16). The van der Waals surface area contributed by atoms with Gasteiger partial charge in [-0.15, -0.1) is 11.3 Å². The van der Waals surface area contributed by atoms with Gasteiger partial charge in [-0.1, -0.05) is 0 Å². The summed E-state index contributed by atoms with van der Waals surface area (Å²) in [5.74, 6) is 0.357. The van der Waals surface area contributed by atoms with Crippen LogP contribution in [0, 0.1) is 19.8 Å². The smallest absolute Gasteiger partial charge is 0.223 e. The minimum absolute atomic E-state index is 0.178. The number of aryl methyl sites for hydroxylation is 2. The summed E-state index contributed by atoms with van der Waals surface area (Å²) < 4.78 is 0. The first-order chi connectivity index (χ1) is 8.16. The van der Waals surface area contributed by atoms with Gasteiger partial charge >= 0.3 is 0 Å². The number of thiazole rings is 1. The largest absolute Gasteiger partial charge is 0.349 e. The van der Waals surface area contributed by atoms with E-state index >= 15 is 0 Å². The van der Waals surface area contributed by atoms with E-state index in [1.54, 1.807) is 11.3 Å². The van der Waals surface area contributed by atoms with Crippen LogP contribution in [-0.4, -0.2) is 24.0 Å². The zero-order chi connectivity index (χ0) is 12.3. The zero-order valence-electron chi connectivity index (χ0n) is 10.4. The lowest BCUT2D eigenvalue weighted by Crippen LogP contribution is -2.37. The van der Waals surface area contributed by atoms with Crippen LogP contribution < -0.4 is 10.6 Å². The van der Waals surface area contributed by atoms with E-state index < -0.39 is 0 Å². The van der Waals surface area contributed by atoms with Crippen LogP contribution in [0.1, 0.15) is 28.4 Å². The highest BCUT2D eigenvalue weighted by atomic mass is 32.1. The van der Waals surface area contributed by atoms with Crippen LogP contribution in [-0.2, 0) is 11.3 Å². The molecule has 17 heavy (non-hydrogen) atoms. The van der Waals surface area contributed by atoms with Crippen molar-refractivity contribution in [3.63, 3.8) is 0 Å². The van der Waals surface area contributed by atoms with E-state index in [-0.39, 0.29) is 11.8 Å². The van der Waals surface area contributed by atoms with Gasteiger partial charge in [-0.05, 0) is 39.8 Å². The minimum Gasteiger partial charge on any atom is -0.349 e. The highest BCUT2D eigenvalue weighted by Crippen LogP contribution is 2.17. The Bertz CT molecular complexity index is 377. The molecule has 5 heteroatoms. The summed E-state index contributed by atoms with van der Waals surface area (Å²) in [6, 6.07) is 0. The van der Waals surface area contributed by atoms with E-state index in [1.807, 2.05) is 6.92 Å². The van der Waals surface area contributed by atoms with Crippen LogP contribution in [0.3, 0.4) is 0 Å². The minimum atomic E-state index is 0.178. The summed E-state index contributed by atoms with van der Waals surface area (Å²) in [6.45, 7) is 6.54. The van der Waals surface area contributed by atoms with Gasteiger partial charge in [0.15, 0.2) is 0 Å². The fraction of sp³-hybridized carbons (Fsp3) is 0.667. The molecule has 0 aliphatic carbocycles. The topological polar surface area (TPSA) is 54.0 Å². The predicted octanol–water partition coefficient (Wildman–Crippen LogP) is 1.38. The molecule has 1 amide bonds. The Morgan fingerprint density at radius 2 is 2.18 bits per heavy atom. The molecule has 2 N–H and O–H groups in total. The lowest BCUT2D eigenvalue weighted by atomic mass is 9.97. The van der Waals surface area contributed by atoms with E-state index in [4.69, 9.17) is 0 Å². The molecule has 0 aromatic carbocycles. The number of hydrogen-bond acceptors (Lipinski definition) is 4. The van der Waals surface area contributed by atoms with Gasteiger partial charge in [0, 0.05) is 10.8 Å². The second kappa shape index (κ2) is 5.60. The number of piperidine rings is 1. The maximum absolute atomic E-state index is 11.9. The highest BCUT2D eigenvalue weighted by Gasteiger charge is 2.20. The van der Waals surface area contributed by atoms with Crippen molar-refractivity contribution in [1.82, 2.24) is 15.6 Å². The van der Waals surface area contributed by atoms with Gasteiger partial charge in [-0.2, -0.15) is 0 Å².